The van der Waals surface area contributed by atoms with Gasteiger partial charge in [-0.15, -0.1) is 0 Å². The van der Waals surface area contributed by atoms with Gasteiger partial charge in [0, 0.05) is 44.3 Å². The highest BCUT2D eigenvalue weighted by Gasteiger charge is 2.24. The Hall–Kier alpha value is -1.62. The van der Waals surface area contributed by atoms with Crippen molar-refractivity contribution in [3.63, 3.8) is 0 Å². The van der Waals surface area contributed by atoms with Crippen molar-refractivity contribution in [3.8, 4) is 0 Å². The van der Waals surface area contributed by atoms with E-state index in [1.165, 1.54) is 0 Å². The van der Waals surface area contributed by atoms with Gasteiger partial charge in [-0.2, -0.15) is 0 Å². The minimum Gasteiger partial charge on any atom is -0.480 e. The molecule has 0 amide bonds. The maximum absolute atomic E-state index is 10.9. The zero-order valence-electron chi connectivity index (χ0n) is 9.91. The third kappa shape index (κ3) is 2.74. The van der Waals surface area contributed by atoms with Gasteiger partial charge in [0.1, 0.15) is 6.04 Å². The molecule has 92 valence electrons. The first-order chi connectivity index (χ1) is 8.18. The van der Waals surface area contributed by atoms with Gasteiger partial charge in [-0.25, -0.2) is 0 Å². The van der Waals surface area contributed by atoms with E-state index in [0.717, 1.165) is 31.9 Å². The standard InChI is InChI=1S/C12H17N3O2/c1-10(12(16)17)14-6-8-15(9-7-14)11-2-4-13-5-3-11/h2-5,10H,6-9H2,1H3,(H,16,17)/t10-/m0/s1. The number of carbonyl (C=O) groups is 1. The van der Waals surface area contributed by atoms with Gasteiger partial charge in [0.2, 0.25) is 0 Å². The van der Waals surface area contributed by atoms with Crippen LogP contribution in [0.3, 0.4) is 0 Å². The Morgan fingerprint density at radius 2 is 1.88 bits per heavy atom. The second-order valence-electron chi connectivity index (χ2n) is 4.24. The smallest absolute Gasteiger partial charge is 0.320 e. The Labute approximate surface area is 101 Å². The van der Waals surface area contributed by atoms with Gasteiger partial charge in [-0.1, -0.05) is 0 Å². The molecule has 0 unspecified atom stereocenters. The SMILES string of the molecule is C[C@@H](C(=O)O)N1CCN(c2ccncc2)CC1. The first-order valence-corrected chi connectivity index (χ1v) is 5.80. The number of rotatable bonds is 3. The van der Waals surface area contributed by atoms with Crippen molar-refractivity contribution in [2.24, 2.45) is 0 Å². The third-order valence-electron chi connectivity index (χ3n) is 3.25. The highest BCUT2D eigenvalue weighted by molar-refractivity contribution is 5.72. The molecule has 0 saturated carbocycles. The van der Waals surface area contributed by atoms with Crippen molar-refractivity contribution in [3.05, 3.63) is 24.5 Å². The van der Waals surface area contributed by atoms with E-state index in [2.05, 4.69) is 9.88 Å². The first kappa shape index (κ1) is 11.9. The fourth-order valence-corrected chi connectivity index (χ4v) is 2.08. The predicted molar refractivity (Wildman–Crippen MR) is 65.1 cm³/mol. The quantitative estimate of drug-likeness (QED) is 0.834. The number of piperazine rings is 1. The summed E-state index contributed by atoms with van der Waals surface area (Å²) in [5.74, 6) is -0.748. The van der Waals surface area contributed by atoms with Crippen LogP contribution in [0.5, 0.6) is 0 Å². The lowest BCUT2D eigenvalue weighted by Crippen LogP contribution is -2.51. The number of aliphatic carboxylic acids is 1. The van der Waals surface area contributed by atoms with Gasteiger partial charge >= 0.3 is 5.97 Å². The molecular formula is C12H17N3O2. The van der Waals surface area contributed by atoms with Crippen LogP contribution < -0.4 is 4.90 Å². The molecule has 0 bridgehead atoms. The lowest BCUT2D eigenvalue weighted by atomic mass is 10.2. The summed E-state index contributed by atoms with van der Waals surface area (Å²) < 4.78 is 0. The van der Waals surface area contributed by atoms with Crippen molar-refractivity contribution in [2.45, 2.75) is 13.0 Å². The fraction of sp³-hybridized carbons (Fsp3) is 0.500. The summed E-state index contributed by atoms with van der Waals surface area (Å²) >= 11 is 0. The maximum Gasteiger partial charge on any atom is 0.320 e. The van der Waals surface area contributed by atoms with E-state index in [4.69, 9.17) is 5.11 Å². The largest absolute Gasteiger partial charge is 0.480 e. The molecule has 5 nitrogen and oxygen atoms in total. The number of pyridine rings is 1. The van der Waals surface area contributed by atoms with Gasteiger partial charge in [0.25, 0.3) is 0 Å². The number of anilines is 1. The Morgan fingerprint density at radius 1 is 1.29 bits per heavy atom. The van der Waals surface area contributed by atoms with Crippen LogP contribution in [-0.2, 0) is 4.79 Å². The zero-order chi connectivity index (χ0) is 12.3. The molecule has 5 heteroatoms. The molecular weight excluding hydrogens is 218 g/mol. The van der Waals surface area contributed by atoms with Crippen molar-refractivity contribution in [2.75, 3.05) is 31.1 Å². The number of nitrogens with zero attached hydrogens (tertiary/aromatic N) is 3. The Bertz CT molecular complexity index is 375. The van der Waals surface area contributed by atoms with E-state index in [1.54, 1.807) is 19.3 Å². The summed E-state index contributed by atoms with van der Waals surface area (Å²) in [6.07, 6.45) is 3.56. The third-order valence-corrected chi connectivity index (χ3v) is 3.25. The number of carboxylic acids is 1. The Kier molecular flexibility index (Phi) is 3.58. The molecule has 0 aromatic carbocycles. The minimum absolute atomic E-state index is 0.394. The van der Waals surface area contributed by atoms with Gasteiger partial charge in [0.15, 0.2) is 0 Å². The number of hydrogen-bond donors (Lipinski definition) is 1. The summed E-state index contributed by atoms with van der Waals surface area (Å²) in [5.41, 5.74) is 1.16. The molecule has 0 aliphatic carbocycles. The van der Waals surface area contributed by atoms with E-state index in [1.807, 2.05) is 17.0 Å². The Morgan fingerprint density at radius 3 is 2.41 bits per heavy atom. The van der Waals surface area contributed by atoms with Crippen LogP contribution in [0.4, 0.5) is 5.69 Å². The molecule has 1 aromatic heterocycles. The lowest BCUT2D eigenvalue weighted by Gasteiger charge is -2.37. The average molecular weight is 235 g/mol. The van der Waals surface area contributed by atoms with Crippen molar-refractivity contribution in [1.29, 1.82) is 0 Å². The summed E-state index contributed by atoms with van der Waals surface area (Å²) in [6, 6.07) is 3.57. The van der Waals surface area contributed by atoms with Crippen molar-refractivity contribution in [1.82, 2.24) is 9.88 Å². The highest BCUT2D eigenvalue weighted by Crippen LogP contribution is 2.15. The number of carboxylic acid groups (broad SMARTS) is 1. The summed E-state index contributed by atoms with van der Waals surface area (Å²) in [6.45, 7) is 5.04. The molecule has 2 heterocycles. The number of aromatic nitrogens is 1. The van der Waals surface area contributed by atoms with Gasteiger partial charge < -0.3 is 10.0 Å². The fourth-order valence-electron chi connectivity index (χ4n) is 2.08. The first-order valence-electron chi connectivity index (χ1n) is 5.80. The average Bonchev–Trinajstić information content (AvgIpc) is 2.39. The second kappa shape index (κ2) is 5.14. The van der Waals surface area contributed by atoms with Crippen LogP contribution in [0.2, 0.25) is 0 Å². The maximum atomic E-state index is 10.9. The molecule has 0 spiro atoms. The van der Waals surface area contributed by atoms with E-state index < -0.39 is 12.0 Å². The van der Waals surface area contributed by atoms with Crippen LogP contribution in [0, 0.1) is 0 Å². The van der Waals surface area contributed by atoms with Gasteiger partial charge in [0.05, 0.1) is 0 Å². The van der Waals surface area contributed by atoms with Crippen LogP contribution in [-0.4, -0.2) is 53.2 Å². The molecule has 17 heavy (non-hydrogen) atoms. The lowest BCUT2D eigenvalue weighted by molar-refractivity contribution is -0.142. The molecule has 1 atom stereocenters. The molecule has 1 aromatic rings. The second-order valence-corrected chi connectivity index (χ2v) is 4.24. The molecule has 1 N–H and O–H groups in total. The van der Waals surface area contributed by atoms with Crippen molar-refractivity contribution < 1.29 is 9.90 Å². The highest BCUT2D eigenvalue weighted by atomic mass is 16.4. The molecule has 0 radical (unpaired) electrons. The van der Waals surface area contributed by atoms with E-state index in [-0.39, 0.29) is 0 Å². The van der Waals surface area contributed by atoms with E-state index >= 15 is 0 Å². The van der Waals surface area contributed by atoms with E-state index in [9.17, 15) is 4.79 Å². The van der Waals surface area contributed by atoms with Gasteiger partial charge in [-0.05, 0) is 19.1 Å². The summed E-state index contributed by atoms with van der Waals surface area (Å²) in [4.78, 5) is 19.1. The number of hydrogen-bond acceptors (Lipinski definition) is 4. The molecule has 1 aliphatic rings. The molecule has 1 saturated heterocycles. The minimum atomic E-state index is -0.748. The zero-order valence-corrected chi connectivity index (χ0v) is 9.91. The molecule has 1 aliphatic heterocycles. The summed E-state index contributed by atoms with van der Waals surface area (Å²) in [5, 5.41) is 8.95. The normalized spacial score (nSPS) is 19.0. The topological polar surface area (TPSA) is 56.7 Å². The van der Waals surface area contributed by atoms with E-state index in [0.29, 0.717) is 0 Å². The predicted octanol–water partition coefficient (Wildman–Crippen LogP) is 0.677. The van der Waals surface area contributed by atoms with Gasteiger partial charge in [-0.3, -0.25) is 14.7 Å². The summed E-state index contributed by atoms with van der Waals surface area (Å²) in [7, 11) is 0. The Balaban J connectivity index is 1.93. The van der Waals surface area contributed by atoms with Crippen LogP contribution >= 0.6 is 0 Å². The molecule has 2 rings (SSSR count). The van der Waals surface area contributed by atoms with Crippen LogP contribution in [0.25, 0.3) is 0 Å². The molecule has 1 fully saturated rings. The van der Waals surface area contributed by atoms with Crippen LogP contribution in [0.1, 0.15) is 6.92 Å². The van der Waals surface area contributed by atoms with Crippen LogP contribution in [0.15, 0.2) is 24.5 Å². The monoisotopic (exact) mass is 235 g/mol. The van der Waals surface area contributed by atoms with Crippen molar-refractivity contribution >= 4 is 11.7 Å².